The largest absolute Gasteiger partial charge is 0.483 e. The van der Waals surface area contributed by atoms with E-state index in [1.807, 2.05) is 31.2 Å². The van der Waals surface area contributed by atoms with Gasteiger partial charge in [0.1, 0.15) is 5.75 Å². The number of nitrogens with one attached hydrogen (secondary N) is 1. The fourth-order valence-corrected chi connectivity index (χ4v) is 1.74. The summed E-state index contributed by atoms with van der Waals surface area (Å²) in [5.74, 6) is 0.607. The molecule has 19 heavy (non-hydrogen) atoms. The van der Waals surface area contributed by atoms with Crippen molar-refractivity contribution in [1.82, 2.24) is 5.32 Å². The average Bonchev–Trinajstić information content (AvgIpc) is 2.45. The first-order valence-electron chi connectivity index (χ1n) is 6.93. The number of unbranched alkanes of at least 4 members (excludes halogenated alkanes) is 1. The number of carbonyl (C=O) groups is 1. The molecule has 0 bridgehead atoms. The molecule has 0 unspecified atom stereocenters. The topological polar surface area (TPSA) is 64.3 Å². The standard InChI is InChI=1S/C15H24N2O2/c1-3-5-10-17-15(18)11-19-14-9-7-6-8-12(14)13(16)4-2/h6-9,13H,3-5,10-11,16H2,1-2H3,(H,17,18)/t13-/m1/s1. The maximum Gasteiger partial charge on any atom is 0.257 e. The van der Waals surface area contributed by atoms with Crippen LogP contribution in [0, 0.1) is 0 Å². The molecule has 3 N–H and O–H groups in total. The van der Waals surface area contributed by atoms with E-state index >= 15 is 0 Å². The maximum atomic E-state index is 11.6. The number of nitrogens with two attached hydrogens (primary N) is 1. The summed E-state index contributed by atoms with van der Waals surface area (Å²) in [6.45, 7) is 4.86. The Morgan fingerprint density at radius 3 is 2.79 bits per heavy atom. The van der Waals surface area contributed by atoms with Gasteiger partial charge in [0.15, 0.2) is 6.61 Å². The van der Waals surface area contributed by atoms with Gasteiger partial charge in [-0.1, -0.05) is 38.5 Å². The van der Waals surface area contributed by atoms with Crippen LogP contribution in [0.25, 0.3) is 0 Å². The maximum absolute atomic E-state index is 11.6. The van der Waals surface area contributed by atoms with E-state index in [1.54, 1.807) is 0 Å². The van der Waals surface area contributed by atoms with E-state index in [1.165, 1.54) is 0 Å². The van der Waals surface area contributed by atoms with Crippen LogP contribution in [-0.2, 0) is 4.79 Å². The molecule has 0 aromatic heterocycles. The lowest BCUT2D eigenvalue weighted by Crippen LogP contribution is -2.29. The van der Waals surface area contributed by atoms with Crippen molar-refractivity contribution in [1.29, 1.82) is 0 Å². The van der Waals surface area contributed by atoms with Crippen LogP contribution in [0.1, 0.15) is 44.7 Å². The van der Waals surface area contributed by atoms with Gasteiger partial charge in [-0.25, -0.2) is 0 Å². The molecule has 106 valence electrons. The van der Waals surface area contributed by atoms with Crippen LogP contribution in [0.5, 0.6) is 5.75 Å². The number of hydrogen-bond donors (Lipinski definition) is 2. The zero-order valence-corrected chi connectivity index (χ0v) is 11.8. The van der Waals surface area contributed by atoms with Crippen molar-refractivity contribution in [2.24, 2.45) is 5.73 Å². The van der Waals surface area contributed by atoms with Gasteiger partial charge >= 0.3 is 0 Å². The third-order valence-corrected chi connectivity index (χ3v) is 2.97. The van der Waals surface area contributed by atoms with Crippen LogP contribution in [0.3, 0.4) is 0 Å². The molecule has 0 spiro atoms. The summed E-state index contributed by atoms with van der Waals surface area (Å²) in [7, 11) is 0. The zero-order valence-electron chi connectivity index (χ0n) is 11.8. The van der Waals surface area contributed by atoms with Crippen molar-refractivity contribution in [3.05, 3.63) is 29.8 Å². The summed E-state index contributed by atoms with van der Waals surface area (Å²) in [6, 6.07) is 7.55. The minimum Gasteiger partial charge on any atom is -0.483 e. The number of benzene rings is 1. The van der Waals surface area contributed by atoms with E-state index < -0.39 is 0 Å². The smallest absolute Gasteiger partial charge is 0.257 e. The Balaban J connectivity index is 2.50. The van der Waals surface area contributed by atoms with Crippen molar-refractivity contribution in [2.45, 2.75) is 39.2 Å². The Labute approximate surface area is 115 Å². The van der Waals surface area contributed by atoms with Gasteiger partial charge in [0.2, 0.25) is 0 Å². The molecule has 4 nitrogen and oxygen atoms in total. The summed E-state index contributed by atoms with van der Waals surface area (Å²) < 4.78 is 5.56. The van der Waals surface area contributed by atoms with Gasteiger partial charge in [0.05, 0.1) is 0 Å². The summed E-state index contributed by atoms with van der Waals surface area (Å²) in [6.07, 6.45) is 2.89. The lowest BCUT2D eigenvalue weighted by atomic mass is 10.0. The summed E-state index contributed by atoms with van der Waals surface area (Å²) in [4.78, 5) is 11.6. The molecular weight excluding hydrogens is 240 g/mol. The number of carbonyl (C=O) groups excluding carboxylic acids is 1. The Bertz CT molecular complexity index is 393. The number of ether oxygens (including phenoxy) is 1. The Morgan fingerprint density at radius 1 is 1.37 bits per heavy atom. The number of amides is 1. The van der Waals surface area contributed by atoms with Crippen molar-refractivity contribution in [2.75, 3.05) is 13.2 Å². The van der Waals surface area contributed by atoms with Crippen molar-refractivity contribution in [3.8, 4) is 5.75 Å². The Kier molecular flexibility index (Phi) is 6.97. The van der Waals surface area contributed by atoms with Crippen LogP contribution in [0.4, 0.5) is 0 Å². The van der Waals surface area contributed by atoms with Gasteiger partial charge in [-0.05, 0) is 18.9 Å². The fraction of sp³-hybridized carbons (Fsp3) is 0.533. The van der Waals surface area contributed by atoms with Gasteiger partial charge < -0.3 is 15.8 Å². The highest BCUT2D eigenvalue weighted by Gasteiger charge is 2.11. The molecule has 0 fully saturated rings. The van der Waals surface area contributed by atoms with Gasteiger partial charge in [0.25, 0.3) is 5.91 Å². The zero-order chi connectivity index (χ0) is 14.1. The number of rotatable bonds is 8. The highest BCUT2D eigenvalue weighted by atomic mass is 16.5. The average molecular weight is 264 g/mol. The molecule has 0 saturated carbocycles. The van der Waals surface area contributed by atoms with E-state index in [2.05, 4.69) is 12.2 Å². The van der Waals surface area contributed by atoms with Crippen LogP contribution in [0.2, 0.25) is 0 Å². The van der Waals surface area contributed by atoms with E-state index in [-0.39, 0.29) is 18.6 Å². The summed E-state index contributed by atoms with van der Waals surface area (Å²) >= 11 is 0. The molecule has 0 saturated heterocycles. The predicted octanol–water partition coefficient (Wildman–Crippen LogP) is 2.39. The highest BCUT2D eigenvalue weighted by molar-refractivity contribution is 5.77. The van der Waals surface area contributed by atoms with Gasteiger partial charge in [-0.3, -0.25) is 4.79 Å². The molecule has 1 rings (SSSR count). The molecule has 1 atom stereocenters. The molecule has 1 aromatic carbocycles. The molecular formula is C15H24N2O2. The molecule has 1 amide bonds. The second-order valence-corrected chi connectivity index (χ2v) is 4.54. The molecule has 0 aliphatic heterocycles. The molecule has 0 aliphatic carbocycles. The van der Waals surface area contributed by atoms with Gasteiger partial charge in [-0.15, -0.1) is 0 Å². The van der Waals surface area contributed by atoms with Crippen molar-refractivity contribution < 1.29 is 9.53 Å². The van der Waals surface area contributed by atoms with Crippen molar-refractivity contribution in [3.63, 3.8) is 0 Å². The normalized spacial score (nSPS) is 11.9. The van der Waals surface area contributed by atoms with E-state index in [9.17, 15) is 4.79 Å². The van der Waals surface area contributed by atoms with E-state index in [4.69, 9.17) is 10.5 Å². The Morgan fingerprint density at radius 2 is 2.11 bits per heavy atom. The molecule has 1 aromatic rings. The van der Waals surface area contributed by atoms with Gasteiger partial charge in [-0.2, -0.15) is 0 Å². The minimum atomic E-state index is -0.0895. The first-order valence-corrected chi connectivity index (χ1v) is 6.93. The van der Waals surface area contributed by atoms with Crippen LogP contribution < -0.4 is 15.8 Å². The molecule has 4 heteroatoms. The van der Waals surface area contributed by atoms with E-state index in [0.717, 1.165) is 24.8 Å². The predicted molar refractivity (Wildman–Crippen MR) is 77.1 cm³/mol. The van der Waals surface area contributed by atoms with E-state index in [0.29, 0.717) is 12.3 Å². The molecule has 0 radical (unpaired) electrons. The molecule has 0 heterocycles. The van der Waals surface area contributed by atoms with Crippen LogP contribution >= 0.6 is 0 Å². The summed E-state index contributed by atoms with van der Waals surface area (Å²) in [5, 5.41) is 2.82. The SMILES string of the molecule is CCCCNC(=O)COc1ccccc1[C@H](N)CC. The number of hydrogen-bond acceptors (Lipinski definition) is 3. The lowest BCUT2D eigenvalue weighted by molar-refractivity contribution is -0.123. The fourth-order valence-electron chi connectivity index (χ4n) is 1.74. The van der Waals surface area contributed by atoms with Gasteiger partial charge in [0, 0.05) is 18.2 Å². The van der Waals surface area contributed by atoms with Crippen LogP contribution in [0.15, 0.2) is 24.3 Å². The summed E-state index contributed by atoms with van der Waals surface area (Å²) in [5.41, 5.74) is 6.97. The highest BCUT2D eigenvalue weighted by Crippen LogP contribution is 2.25. The van der Waals surface area contributed by atoms with Crippen LogP contribution in [-0.4, -0.2) is 19.1 Å². The quantitative estimate of drug-likeness (QED) is 0.709. The second kappa shape index (κ2) is 8.53. The monoisotopic (exact) mass is 264 g/mol. The van der Waals surface area contributed by atoms with Crippen molar-refractivity contribution >= 4 is 5.91 Å². The first kappa shape index (κ1) is 15.5. The third-order valence-electron chi connectivity index (χ3n) is 2.97. The number of para-hydroxylation sites is 1. The lowest BCUT2D eigenvalue weighted by Gasteiger charge is -2.15. The third kappa shape index (κ3) is 5.30. The Hall–Kier alpha value is -1.55. The first-order chi connectivity index (χ1) is 9.19. The second-order valence-electron chi connectivity index (χ2n) is 4.54. The molecule has 0 aliphatic rings. The minimum absolute atomic E-state index is 0.0389.